The van der Waals surface area contributed by atoms with Crippen molar-refractivity contribution in [1.82, 2.24) is 4.90 Å². The molecule has 1 aliphatic rings. The van der Waals surface area contributed by atoms with Crippen LogP contribution in [0.25, 0.3) is 0 Å². The molecule has 0 saturated carbocycles. The number of hydrogen-bond acceptors (Lipinski definition) is 4. The van der Waals surface area contributed by atoms with E-state index in [1.165, 1.54) is 0 Å². The molecule has 1 saturated heterocycles. The maximum Gasteiger partial charge on any atom is 0.171 e. The fraction of sp³-hybridized carbons (Fsp3) is 0.462. The number of nitrogens with zero attached hydrogens (tertiary/aromatic N) is 3. The SMILES string of the molecule is CC1CN(C)CCN1c1ccc(/C(N)=N/O)c(Br)c1F. The molecule has 1 fully saturated rings. The van der Waals surface area contributed by atoms with E-state index in [0.717, 1.165) is 19.6 Å². The Morgan fingerprint density at radius 2 is 2.20 bits per heavy atom. The molecule has 110 valence electrons. The van der Waals surface area contributed by atoms with Crippen molar-refractivity contribution in [3.05, 3.63) is 28.0 Å². The number of piperazine rings is 1. The Balaban J connectivity index is 2.37. The molecule has 7 heteroatoms. The minimum absolute atomic E-state index is 0.117. The van der Waals surface area contributed by atoms with Crippen LogP contribution in [0.3, 0.4) is 0 Å². The second-order valence-electron chi connectivity index (χ2n) is 5.05. The van der Waals surface area contributed by atoms with Gasteiger partial charge in [0, 0.05) is 31.2 Å². The molecule has 1 aromatic carbocycles. The zero-order valence-corrected chi connectivity index (χ0v) is 13.1. The summed E-state index contributed by atoms with van der Waals surface area (Å²) in [6.45, 7) is 4.62. The van der Waals surface area contributed by atoms with Crippen molar-refractivity contribution >= 4 is 27.5 Å². The first-order chi connectivity index (χ1) is 9.45. The molecule has 1 aliphatic heterocycles. The van der Waals surface area contributed by atoms with Crippen LogP contribution in [0, 0.1) is 5.82 Å². The van der Waals surface area contributed by atoms with E-state index in [0.29, 0.717) is 11.3 Å². The highest BCUT2D eigenvalue weighted by molar-refractivity contribution is 9.10. The molecular formula is C13H18BrFN4O. The lowest BCUT2D eigenvalue weighted by atomic mass is 10.1. The van der Waals surface area contributed by atoms with E-state index in [9.17, 15) is 4.39 Å². The van der Waals surface area contributed by atoms with Gasteiger partial charge in [-0.3, -0.25) is 0 Å². The minimum Gasteiger partial charge on any atom is -0.409 e. The van der Waals surface area contributed by atoms with E-state index in [2.05, 4.69) is 40.0 Å². The second kappa shape index (κ2) is 5.97. The Kier molecular flexibility index (Phi) is 4.49. The Labute approximate surface area is 126 Å². The molecule has 1 aromatic rings. The highest BCUT2D eigenvalue weighted by atomic mass is 79.9. The van der Waals surface area contributed by atoms with Crippen molar-refractivity contribution in [1.29, 1.82) is 0 Å². The highest BCUT2D eigenvalue weighted by Crippen LogP contribution is 2.31. The third-order valence-corrected chi connectivity index (χ3v) is 4.36. The number of likely N-dealkylation sites (N-methyl/N-ethyl adjacent to an activating group) is 1. The molecule has 0 spiro atoms. The van der Waals surface area contributed by atoms with Crippen molar-refractivity contribution in [2.75, 3.05) is 31.6 Å². The number of anilines is 1. The zero-order valence-electron chi connectivity index (χ0n) is 11.5. The highest BCUT2D eigenvalue weighted by Gasteiger charge is 2.25. The molecular weight excluding hydrogens is 327 g/mol. The summed E-state index contributed by atoms with van der Waals surface area (Å²) in [5, 5.41) is 11.6. The lowest BCUT2D eigenvalue weighted by Gasteiger charge is -2.40. The maximum absolute atomic E-state index is 14.5. The van der Waals surface area contributed by atoms with E-state index >= 15 is 0 Å². The van der Waals surface area contributed by atoms with E-state index in [1.807, 2.05) is 4.90 Å². The molecule has 2 rings (SSSR count). The van der Waals surface area contributed by atoms with Gasteiger partial charge in [0.05, 0.1) is 10.2 Å². The molecule has 0 radical (unpaired) electrons. The van der Waals surface area contributed by atoms with Gasteiger partial charge in [-0.05, 0) is 42.0 Å². The van der Waals surface area contributed by atoms with Crippen LogP contribution in [-0.2, 0) is 0 Å². The number of benzene rings is 1. The fourth-order valence-electron chi connectivity index (χ4n) is 2.51. The summed E-state index contributed by atoms with van der Waals surface area (Å²) in [6, 6.07) is 3.56. The number of halogens is 2. The number of oxime groups is 1. The van der Waals surface area contributed by atoms with Crippen LogP contribution in [0.15, 0.2) is 21.8 Å². The standard InChI is InChI=1S/C13H18BrFN4O/c1-8-7-18(2)5-6-19(8)10-4-3-9(13(16)17-20)11(14)12(10)15/h3-4,8,20H,5-7H2,1-2H3,(H2,16,17). The Hall–Kier alpha value is -1.34. The van der Waals surface area contributed by atoms with E-state index in [-0.39, 0.29) is 22.2 Å². The first kappa shape index (κ1) is 15.1. The fourth-order valence-corrected chi connectivity index (χ4v) is 3.05. The van der Waals surface area contributed by atoms with Crippen LogP contribution < -0.4 is 10.6 Å². The first-order valence-corrected chi connectivity index (χ1v) is 7.16. The van der Waals surface area contributed by atoms with Gasteiger partial charge < -0.3 is 20.7 Å². The summed E-state index contributed by atoms with van der Waals surface area (Å²) in [5.41, 5.74) is 6.40. The number of amidine groups is 1. The Bertz CT molecular complexity index is 537. The van der Waals surface area contributed by atoms with Gasteiger partial charge in [-0.25, -0.2) is 4.39 Å². The summed E-state index contributed by atoms with van der Waals surface area (Å²) in [5.74, 6) is -0.501. The van der Waals surface area contributed by atoms with Gasteiger partial charge in [-0.1, -0.05) is 5.16 Å². The van der Waals surface area contributed by atoms with Crippen molar-refractivity contribution < 1.29 is 9.60 Å². The van der Waals surface area contributed by atoms with Crippen LogP contribution >= 0.6 is 15.9 Å². The van der Waals surface area contributed by atoms with Gasteiger partial charge >= 0.3 is 0 Å². The smallest absolute Gasteiger partial charge is 0.171 e. The van der Waals surface area contributed by atoms with Crippen LogP contribution in [0.5, 0.6) is 0 Å². The summed E-state index contributed by atoms with van der Waals surface area (Å²) >= 11 is 3.19. The van der Waals surface area contributed by atoms with Gasteiger partial charge in [0.1, 0.15) is 0 Å². The predicted molar refractivity (Wildman–Crippen MR) is 80.9 cm³/mol. The molecule has 3 N–H and O–H groups in total. The molecule has 0 aromatic heterocycles. The summed E-state index contributed by atoms with van der Waals surface area (Å²) < 4.78 is 14.7. The van der Waals surface area contributed by atoms with Crippen LogP contribution in [0.4, 0.5) is 10.1 Å². The van der Waals surface area contributed by atoms with Crippen LogP contribution in [0.1, 0.15) is 12.5 Å². The van der Waals surface area contributed by atoms with Crippen molar-refractivity contribution in [3.63, 3.8) is 0 Å². The van der Waals surface area contributed by atoms with Crippen LogP contribution in [0.2, 0.25) is 0 Å². The molecule has 1 atom stereocenters. The van der Waals surface area contributed by atoms with E-state index in [1.54, 1.807) is 12.1 Å². The van der Waals surface area contributed by atoms with Gasteiger partial charge in [0.15, 0.2) is 11.7 Å². The molecule has 0 amide bonds. The van der Waals surface area contributed by atoms with Gasteiger partial charge in [-0.15, -0.1) is 0 Å². The summed E-state index contributed by atoms with van der Waals surface area (Å²) in [4.78, 5) is 4.26. The molecule has 20 heavy (non-hydrogen) atoms. The molecule has 0 aliphatic carbocycles. The van der Waals surface area contributed by atoms with Crippen LogP contribution in [-0.4, -0.2) is 48.7 Å². The van der Waals surface area contributed by atoms with Gasteiger partial charge in [-0.2, -0.15) is 0 Å². The van der Waals surface area contributed by atoms with E-state index < -0.39 is 0 Å². The third-order valence-electron chi connectivity index (χ3n) is 3.59. The summed E-state index contributed by atoms with van der Waals surface area (Å²) in [7, 11) is 2.06. The number of nitrogens with two attached hydrogens (primary N) is 1. The monoisotopic (exact) mass is 344 g/mol. The Morgan fingerprint density at radius 3 is 2.80 bits per heavy atom. The minimum atomic E-state index is -0.384. The number of hydrogen-bond donors (Lipinski definition) is 2. The third kappa shape index (κ3) is 2.73. The maximum atomic E-state index is 14.5. The molecule has 5 nitrogen and oxygen atoms in total. The first-order valence-electron chi connectivity index (χ1n) is 6.36. The molecule has 1 heterocycles. The summed E-state index contributed by atoms with van der Waals surface area (Å²) in [6.07, 6.45) is 0. The normalized spacial score (nSPS) is 21.3. The molecule has 0 bridgehead atoms. The quantitative estimate of drug-likeness (QED) is 0.371. The average Bonchev–Trinajstić information content (AvgIpc) is 2.42. The lowest BCUT2D eigenvalue weighted by Crippen LogP contribution is -2.50. The predicted octanol–water partition coefficient (Wildman–Crippen LogP) is 1.82. The lowest BCUT2D eigenvalue weighted by molar-refractivity contribution is 0.274. The zero-order chi connectivity index (χ0) is 14.9. The largest absolute Gasteiger partial charge is 0.409 e. The second-order valence-corrected chi connectivity index (χ2v) is 5.84. The number of rotatable bonds is 2. The van der Waals surface area contributed by atoms with Gasteiger partial charge in [0.25, 0.3) is 0 Å². The molecule has 1 unspecified atom stereocenters. The topological polar surface area (TPSA) is 65.1 Å². The van der Waals surface area contributed by atoms with Crippen molar-refractivity contribution in [2.24, 2.45) is 10.9 Å². The van der Waals surface area contributed by atoms with E-state index in [4.69, 9.17) is 10.9 Å². The Morgan fingerprint density at radius 1 is 1.50 bits per heavy atom. The van der Waals surface area contributed by atoms with Crippen molar-refractivity contribution in [2.45, 2.75) is 13.0 Å². The van der Waals surface area contributed by atoms with Crippen molar-refractivity contribution in [3.8, 4) is 0 Å². The van der Waals surface area contributed by atoms with Gasteiger partial charge in [0.2, 0.25) is 0 Å². The average molecular weight is 345 g/mol.